The van der Waals surface area contributed by atoms with Crippen LogP contribution in [-0.2, 0) is 9.59 Å². The Morgan fingerprint density at radius 3 is 3.06 bits per heavy atom. The summed E-state index contributed by atoms with van der Waals surface area (Å²) in [5.41, 5.74) is 0. The first-order valence-corrected chi connectivity index (χ1v) is 6.52. The average Bonchev–Trinajstić information content (AvgIpc) is 2.89. The number of nitrogens with one attached hydrogen (secondary N) is 1. The van der Waals surface area contributed by atoms with Crippen molar-refractivity contribution in [2.45, 2.75) is 6.04 Å². The molecule has 1 fully saturated rings. The van der Waals surface area contributed by atoms with E-state index < -0.39 is 12.0 Å². The van der Waals surface area contributed by atoms with Gasteiger partial charge in [0.15, 0.2) is 0 Å². The van der Waals surface area contributed by atoms with Crippen molar-refractivity contribution in [3.63, 3.8) is 0 Å². The number of nitrogens with zero attached hydrogens (tertiary/aromatic N) is 1. The summed E-state index contributed by atoms with van der Waals surface area (Å²) in [6, 6.07) is 3.03. The van der Waals surface area contributed by atoms with Crippen LogP contribution in [0, 0.1) is 0 Å². The van der Waals surface area contributed by atoms with Gasteiger partial charge in [-0.05, 0) is 17.5 Å². The summed E-state index contributed by atoms with van der Waals surface area (Å²) >= 11 is 1.53. The standard InChI is InChI=1S/C12H14N2O3S/c15-11(4-3-9-2-1-7-18-9)14-6-5-13-8-10(14)12(16)17/h1-4,7,10,13H,5-6,8H2,(H,16,17). The largest absolute Gasteiger partial charge is 0.480 e. The number of carbonyl (C=O) groups is 2. The number of hydrogen-bond donors (Lipinski definition) is 2. The zero-order chi connectivity index (χ0) is 13.0. The summed E-state index contributed by atoms with van der Waals surface area (Å²) < 4.78 is 0. The number of hydrogen-bond acceptors (Lipinski definition) is 4. The monoisotopic (exact) mass is 266 g/mol. The lowest BCUT2D eigenvalue weighted by Crippen LogP contribution is -2.56. The fraction of sp³-hybridized carbons (Fsp3) is 0.333. The van der Waals surface area contributed by atoms with E-state index in [1.165, 1.54) is 22.3 Å². The molecule has 5 nitrogen and oxygen atoms in total. The van der Waals surface area contributed by atoms with Crippen LogP contribution in [0.5, 0.6) is 0 Å². The van der Waals surface area contributed by atoms with Gasteiger partial charge in [0.2, 0.25) is 5.91 Å². The highest BCUT2D eigenvalue weighted by atomic mass is 32.1. The zero-order valence-electron chi connectivity index (χ0n) is 9.70. The fourth-order valence-corrected chi connectivity index (χ4v) is 2.44. The molecule has 2 N–H and O–H groups in total. The normalized spacial score (nSPS) is 20.2. The van der Waals surface area contributed by atoms with Crippen LogP contribution < -0.4 is 5.32 Å². The van der Waals surface area contributed by atoms with Gasteiger partial charge in [-0.25, -0.2) is 4.79 Å². The van der Waals surface area contributed by atoms with Gasteiger partial charge in [-0.2, -0.15) is 0 Å². The van der Waals surface area contributed by atoms with Crippen molar-refractivity contribution >= 4 is 29.3 Å². The minimum atomic E-state index is -0.972. The van der Waals surface area contributed by atoms with E-state index in [4.69, 9.17) is 5.11 Å². The second-order valence-corrected chi connectivity index (χ2v) is 4.92. The lowest BCUT2D eigenvalue weighted by atomic mass is 10.2. The molecule has 1 aromatic heterocycles. The van der Waals surface area contributed by atoms with E-state index in [-0.39, 0.29) is 5.91 Å². The van der Waals surface area contributed by atoms with E-state index in [1.54, 1.807) is 6.08 Å². The third kappa shape index (κ3) is 2.96. The second kappa shape index (κ2) is 5.79. The Balaban J connectivity index is 2.04. The number of rotatable bonds is 3. The molecule has 1 unspecified atom stereocenters. The molecule has 6 heteroatoms. The Morgan fingerprint density at radius 1 is 1.56 bits per heavy atom. The summed E-state index contributed by atoms with van der Waals surface area (Å²) in [7, 11) is 0. The third-order valence-electron chi connectivity index (χ3n) is 2.74. The van der Waals surface area contributed by atoms with Gasteiger partial charge in [0, 0.05) is 30.6 Å². The third-order valence-corrected chi connectivity index (χ3v) is 3.58. The Bertz CT molecular complexity index is 456. The Labute approximate surface area is 109 Å². The first kappa shape index (κ1) is 12.8. The molecule has 1 atom stereocenters. The Kier molecular flexibility index (Phi) is 4.11. The van der Waals surface area contributed by atoms with Crippen LogP contribution in [0.1, 0.15) is 4.88 Å². The second-order valence-electron chi connectivity index (χ2n) is 3.94. The number of amides is 1. The molecule has 2 heterocycles. The van der Waals surface area contributed by atoms with Crippen LogP contribution in [-0.4, -0.2) is 47.6 Å². The van der Waals surface area contributed by atoms with Gasteiger partial charge >= 0.3 is 5.97 Å². The van der Waals surface area contributed by atoms with E-state index in [2.05, 4.69) is 5.32 Å². The van der Waals surface area contributed by atoms with Crippen LogP contribution in [0.3, 0.4) is 0 Å². The van der Waals surface area contributed by atoms with Crippen LogP contribution in [0.25, 0.3) is 6.08 Å². The fourth-order valence-electron chi connectivity index (χ4n) is 1.82. The molecule has 1 saturated heterocycles. The summed E-state index contributed by atoms with van der Waals surface area (Å²) in [6.07, 6.45) is 3.15. The summed E-state index contributed by atoms with van der Waals surface area (Å²) in [5, 5.41) is 14.0. The number of aliphatic carboxylic acids is 1. The van der Waals surface area contributed by atoms with Gasteiger partial charge < -0.3 is 15.3 Å². The van der Waals surface area contributed by atoms with E-state index in [9.17, 15) is 9.59 Å². The molecule has 0 saturated carbocycles. The first-order chi connectivity index (χ1) is 8.68. The number of carboxylic acids is 1. The van der Waals surface area contributed by atoms with Gasteiger partial charge in [0.05, 0.1) is 0 Å². The lowest BCUT2D eigenvalue weighted by Gasteiger charge is -2.32. The SMILES string of the molecule is O=C(O)C1CNCCN1C(=O)C=Cc1cccs1. The molecule has 96 valence electrons. The maximum absolute atomic E-state index is 12.0. The topological polar surface area (TPSA) is 69.6 Å². The summed E-state index contributed by atoms with van der Waals surface area (Å²) in [4.78, 5) is 25.4. The number of carboxylic acid groups (broad SMARTS) is 1. The van der Waals surface area contributed by atoms with Crippen molar-refractivity contribution in [2.75, 3.05) is 19.6 Å². The molecule has 1 aliphatic heterocycles. The van der Waals surface area contributed by atoms with Crippen molar-refractivity contribution in [3.8, 4) is 0 Å². The van der Waals surface area contributed by atoms with Crippen molar-refractivity contribution in [1.29, 1.82) is 0 Å². The van der Waals surface area contributed by atoms with Gasteiger partial charge in [0.25, 0.3) is 0 Å². The van der Waals surface area contributed by atoms with Crippen molar-refractivity contribution in [3.05, 3.63) is 28.5 Å². The van der Waals surface area contributed by atoms with E-state index >= 15 is 0 Å². The van der Waals surface area contributed by atoms with Crippen LogP contribution in [0.15, 0.2) is 23.6 Å². The predicted molar refractivity (Wildman–Crippen MR) is 69.4 cm³/mol. The van der Waals surface area contributed by atoms with Gasteiger partial charge in [-0.1, -0.05) is 6.07 Å². The van der Waals surface area contributed by atoms with E-state index in [0.717, 1.165) is 4.88 Å². The molecule has 1 amide bonds. The minimum Gasteiger partial charge on any atom is -0.480 e. The minimum absolute atomic E-state index is 0.252. The van der Waals surface area contributed by atoms with Gasteiger partial charge in [0.1, 0.15) is 6.04 Å². The van der Waals surface area contributed by atoms with Crippen LogP contribution in [0.2, 0.25) is 0 Å². The van der Waals surface area contributed by atoms with Gasteiger partial charge in [-0.3, -0.25) is 4.79 Å². The van der Waals surface area contributed by atoms with Crippen molar-refractivity contribution < 1.29 is 14.7 Å². The average molecular weight is 266 g/mol. The molecule has 0 bridgehead atoms. The van der Waals surface area contributed by atoms with Crippen molar-refractivity contribution in [2.24, 2.45) is 0 Å². The smallest absolute Gasteiger partial charge is 0.327 e. The number of thiophene rings is 1. The highest BCUT2D eigenvalue weighted by Gasteiger charge is 2.30. The molecule has 1 aromatic rings. The molecule has 18 heavy (non-hydrogen) atoms. The quantitative estimate of drug-likeness (QED) is 0.788. The Morgan fingerprint density at radius 2 is 2.39 bits per heavy atom. The maximum Gasteiger partial charge on any atom is 0.327 e. The van der Waals surface area contributed by atoms with Crippen LogP contribution in [0.4, 0.5) is 0 Å². The van der Waals surface area contributed by atoms with E-state index in [1.807, 2.05) is 17.5 Å². The molecular formula is C12H14N2O3S. The Hall–Kier alpha value is -1.66. The zero-order valence-corrected chi connectivity index (χ0v) is 10.5. The first-order valence-electron chi connectivity index (χ1n) is 5.64. The number of carbonyl (C=O) groups excluding carboxylic acids is 1. The highest BCUT2D eigenvalue weighted by molar-refractivity contribution is 7.10. The summed E-state index contributed by atoms with van der Waals surface area (Å²) in [5.74, 6) is -1.22. The van der Waals surface area contributed by atoms with Gasteiger partial charge in [-0.15, -0.1) is 11.3 Å². The van der Waals surface area contributed by atoms with Crippen LogP contribution >= 0.6 is 11.3 Å². The molecule has 1 aliphatic rings. The van der Waals surface area contributed by atoms with E-state index in [0.29, 0.717) is 19.6 Å². The maximum atomic E-state index is 12.0. The summed E-state index contributed by atoms with van der Waals surface area (Å²) in [6.45, 7) is 1.35. The molecule has 2 rings (SSSR count). The number of piperazine rings is 1. The molecular weight excluding hydrogens is 252 g/mol. The molecule has 0 radical (unpaired) electrons. The lowest BCUT2D eigenvalue weighted by molar-refractivity contribution is -0.149. The molecule has 0 aromatic carbocycles. The predicted octanol–water partition coefficient (Wildman–Crippen LogP) is 0.646. The van der Waals surface area contributed by atoms with Crippen molar-refractivity contribution in [1.82, 2.24) is 10.2 Å². The highest BCUT2D eigenvalue weighted by Crippen LogP contribution is 2.11. The molecule has 0 aliphatic carbocycles. The molecule has 0 spiro atoms.